The fourth-order valence-corrected chi connectivity index (χ4v) is 3.36. The van der Waals surface area contributed by atoms with Crippen molar-refractivity contribution in [2.24, 2.45) is 7.05 Å². The van der Waals surface area contributed by atoms with Crippen molar-refractivity contribution in [1.29, 1.82) is 0 Å². The van der Waals surface area contributed by atoms with Gasteiger partial charge in [0.2, 0.25) is 0 Å². The molecule has 0 unspecified atom stereocenters. The highest BCUT2D eigenvalue weighted by molar-refractivity contribution is 5.93. The number of hydrogen-bond acceptors (Lipinski definition) is 4. The molecule has 0 bridgehead atoms. The lowest BCUT2D eigenvalue weighted by Crippen LogP contribution is -2.38. The highest BCUT2D eigenvalue weighted by Crippen LogP contribution is 2.11. The summed E-state index contributed by atoms with van der Waals surface area (Å²) in [5.74, 6) is -0.354. The van der Waals surface area contributed by atoms with Gasteiger partial charge in [-0.2, -0.15) is 0 Å². The first-order valence-corrected chi connectivity index (χ1v) is 9.78. The van der Waals surface area contributed by atoms with Crippen molar-refractivity contribution in [3.63, 3.8) is 0 Å². The number of hydrogen-bond donors (Lipinski definition) is 1. The predicted molar refractivity (Wildman–Crippen MR) is 118 cm³/mol. The molecule has 3 aromatic carbocycles. The maximum atomic E-state index is 12.7. The lowest BCUT2D eigenvalue weighted by atomic mass is 10.1. The number of carbonyl (C=O) groups excluding carboxylic acids is 1. The van der Waals surface area contributed by atoms with Gasteiger partial charge in [-0.15, -0.1) is 0 Å². The fraction of sp³-hybridized carbons (Fsp3) is 0.125. The molecule has 1 amide bonds. The molecule has 0 fully saturated rings. The second-order valence-electron chi connectivity index (χ2n) is 7.15. The van der Waals surface area contributed by atoms with Crippen molar-refractivity contribution in [2.45, 2.75) is 13.2 Å². The van der Waals surface area contributed by atoms with E-state index in [4.69, 9.17) is 4.84 Å². The number of aromatic nitrogens is 2. The predicted octanol–water partition coefficient (Wildman–Crippen LogP) is 2.61. The minimum atomic E-state index is -0.389. The number of rotatable bonds is 6. The van der Waals surface area contributed by atoms with Crippen LogP contribution >= 0.6 is 0 Å². The minimum Gasteiger partial charge on any atom is -0.289 e. The second-order valence-corrected chi connectivity index (χ2v) is 7.15. The summed E-state index contributed by atoms with van der Waals surface area (Å²) in [5, 5.41) is 0.483. The van der Waals surface area contributed by atoms with E-state index in [1.807, 2.05) is 30.3 Å². The Morgan fingerprint density at radius 3 is 2.29 bits per heavy atom. The van der Waals surface area contributed by atoms with Gasteiger partial charge in [0.05, 0.1) is 24.1 Å². The van der Waals surface area contributed by atoms with Crippen LogP contribution in [0.25, 0.3) is 10.9 Å². The third kappa shape index (κ3) is 4.31. The fourth-order valence-electron chi connectivity index (χ4n) is 3.36. The zero-order valence-corrected chi connectivity index (χ0v) is 16.9. The van der Waals surface area contributed by atoms with Crippen molar-refractivity contribution in [3.8, 4) is 0 Å². The standard InChI is InChI=1S/C24H21N3O4/c1-26-23(29)20-9-5-6-10-21(20)27(24(26)30)15-17-11-13-19(14-12-17)22(28)25-31-16-18-7-3-2-4-8-18/h2-14H,15-16H2,1H3,(H,25,28). The highest BCUT2D eigenvalue weighted by atomic mass is 16.6. The summed E-state index contributed by atoms with van der Waals surface area (Å²) >= 11 is 0. The molecule has 0 aliphatic heterocycles. The lowest BCUT2D eigenvalue weighted by molar-refractivity contribution is 0.0233. The molecule has 0 aliphatic carbocycles. The van der Waals surface area contributed by atoms with Gasteiger partial charge >= 0.3 is 5.69 Å². The molecule has 156 valence electrons. The number of carbonyl (C=O) groups is 1. The van der Waals surface area contributed by atoms with E-state index in [2.05, 4.69) is 5.48 Å². The van der Waals surface area contributed by atoms with Crippen LogP contribution in [0.3, 0.4) is 0 Å². The van der Waals surface area contributed by atoms with Gasteiger partial charge in [-0.1, -0.05) is 54.6 Å². The number of nitrogens with one attached hydrogen (secondary N) is 1. The van der Waals surface area contributed by atoms with Gasteiger partial charge in [0, 0.05) is 12.6 Å². The molecule has 0 radical (unpaired) electrons. The largest absolute Gasteiger partial charge is 0.331 e. The molecule has 7 nitrogen and oxygen atoms in total. The van der Waals surface area contributed by atoms with Gasteiger partial charge in [0.25, 0.3) is 11.5 Å². The van der Waals surface area contributed by atoms with Gasteiger partial charge < -0.3 is 0 Å². The molecule has 31 heavy (non-hydrogen) atoms. The third-order valence-electron chi connectivity index (χ3n) is 5.05. The summed E-state index contributed by atoms with van der Waals surface area (Å²) in [7, 11) is 1.47. The maximum absolute atomic E-state index is 12.7. The van der Waals surface area contributed by atoms with E-state index in [1.165, 1.54) is 7.05 Å². The van der Waals surface area contributed by atoms with Crippen LogP contribution in [-0.2, 0) is 25.0 Å². The minimum absolute atomic E-state index is 0.271. The molecule has 0 spiro atoms. The number of nitrogens with zero attached hydrogens (tertiary/aromatic N) is 2. The number of para-hydroxylation sites is 1. The van der Waals surface area contributed by atoms with Gasteiger partial charge in [0.15, 0.2) is 0 Å². The molecule has 1 aromatic heterocycles. The lowest BCUT2D eigenvalue weighted by Gasteiger charge is -2.12. The zero-order chi connectivity index (χ0) is 21.8. The zero-order valence-electron chi connectivity index (χ0n) is 16.9. The van der Waals surface area contributed by atoms with Crippen LogP contribution < -0.4 is 16.7 Å². The van der Waals surface area contributed by atoms with E-state index < -0.39 is 0 Å². The van der Waals surface area contributed by atoms with E-state index in [0.29, 0.717) is 16.5 Å². The molecule has 4 rings (SSSR count). The quantitative estimate of drug-likeness (QED) is 0.491. The monoisotopic (exact) mass is 415 g/mol. The van der Waals surface area contributed by atoms with Crippen LogP contribution in [0.2, 0.25) is 0 Å². The molecule has 1 N–H and O–H groups in total. The summed E-state index contributed by atoms with van der Waals surface area (Å²) < 4.78 is 2.66. The number of hydroxylamine groups is 1. The molecule has 1 heterocycles. The Bertz CT molecular complexity index is 1340. The van der Waals surface area contributed by atoms with Crippen LogP contribution in [-0.4, -0.2) is 15.0 Å². The van der Waals surface area contributed by atoms with Crippen LogP contribution in [0, 0.1) is 0 Å². The molecule has 0 aliphatic rings. The van der Waals surface area contributed by atoms with Crippen LogP contribution in [0.4, 0.5) is 0 Å². The van der Waals surface area contributed by atoms with E-state index >= 15 is 0 Å². The second kappa shape index (κ2) is 8.81. The summed E-state index contributed by atoms with van der Waals surface area (Å²) in [6.07, 6.45) is 0. The first kappa shape index (κ1) is 20.3. The van der Waals surface area contributed by atoms with E-state index in [1.54, 1.807) is 53.1 Å². The smallest absolute Gasteiger partial charge is 0.289 e. The maximum Gasteiger partial charge on any atom is 0.331 e. The van der Waals surface area contributed by atoms with Crippen LogP contribution in [0.1, 0.15) is 21.5 Å². The summed E-state index contributed by atoms with van der Waals surface area (Å²) in [6, 6.07) is 23.4. The Balaban J connectivity index is 1.49. The van der Waals surface area contributed by atoms with E-state index in [9.17, 15) is 14.4 Å². The summed E-state index contributed by atoms with van der Waals surface area (Å²) in [6.45, 7) is 0.549. The first-order chi connectivity index (χ1) is 15.0. The average molecular weight is 415 g/mol. The van der Waals surface area contributed by atoms with Crippen molar-refractivity contribution < 1.29 is 9.63 Å². The first-order valence-electron chi connectivity index (χ1n) is 9.78. The highest BCUT2D eigenvalue weighted by Gasteiger charge is 2.11. The summed E-state index contributed by atoms with van der Waals surface area (Å²) in [4.78, 5) is 42.6. The molecular weight excluding hydrogens is 394 g/mol. The SMILES string of the molecule is Cn1c(=O)c2ccccc2n(Cc2ccc(C(=O)NOCc3ccccc3)cc2)c1=O. The summed E-state index contributed by atoms with van der Waals surface area (Å²) in [5.41, 5.74) is 4.52. The average Bonchev–Trinajstić information content (AvgIpc) is 2.81. The van der Waals surface area contributed by atoms with Crippen molar-refractivity contribution in [3.05, 3.63) is 116 Å². The normalized spacial score (nSPS) is 10.9. The number of benzene rings is 3. The Morgan fingerprint density at radius 2 is 1.55 bits per heavy atom. The third-order valence-corrected chi connectivity index (χ3v) is 5.05. The Kier molecular flexibility index (Phi) is 5.77. The van der Waals surface area contributed by atoms with Crippen LogP contribution in [0.15, 0.2) is 88.5 Å². The Hall–Kier alpha value is -3.97. The Labute approximate surface area is 178 Å². The molecule has 0 atom stereocenters. The van der Waals surface area contributed by atoms with Crippen molar-refractivity contribution in [2.75, 3.05) is 0 Å². The van der Waals surface area contributed by atoms with E-state index in [-0.39, 0.29) is 30.3 Å². The van der Waals surface area contributed by atoms with Gasteiger partial charge in [-0.25, -0.2) is 10.3 Å². The molecule has 0 saturated carbocycles. The molecular formula is C24H21N3O4. The van der Waals surface area contributed by atoms with E-state index in [0.717, 1.165) is 15.7 Å². The molecule has 4 aromatic rings. The topological polar surface area (TPSA) is 82.3 Å². The van der Waals surface area contributed by atoms with Gasteiger partial charge in [0.1, 0.15) is 0 Å². The number of amides is 1. The Morgan fingerprint density at radius 1 is 0.871 bits per heavy atom. The number of fused-ring (bicyclic) bond motifs is 1. The van der Waals surface area contributed by atoms with Crippen molar-refractivity contribution in [1.82, 2.24) is 14.6 Å². The van der Waals surface area contributed by atoms with Crippen molar-refractivity contribution >= 4 is 16.8 Å². The van der Waals surface area contributed by atoms with Gasteiger partial charge in [-0.05, 0) is 35.4 Å². The van der Waals surface area contributed by atoms with Crippen LogP contribution in [0.5, 0.6) is 0 Å². The molecule has 0 saturated heterocycles. The molecule has 7 heteroatoms. The van der Waals surface area contributed by atoms with Gasteiger partial charge in [-0.3, -0.25) is 23.6 Å².